The molecule has 0 aromatic heterocycles. The van der Waals surface area contributed by atoms with E-state index < -0.39 is 0 Å². The molecule has 1 aliphatic carbocycles. The first kappa shape index (κ1) is 23.3. The van der Waals surface area contributed by atoms with Crippen LogP contribution in [0.25, 0.3) is 0 Å². The Hall–Kier alpha value is -0.850. The van der Waals surface area contributed by atoms with Crippen LogP contribution in [0, 0.1) is 11.8 Å². The maximum absolute atomic E-state index is 5.55. The van der Waals surface area contributed by atoms with Gasteiger partial charge in [0.05, 0.1) is 13.2 Å². The highest BCUT2D eigenvalue weighted by Crippen LogP contribution is 2.27. The van der Waals surface area contributed by atoms with Gasteiger partial charge in [-0.3, -0.25) is 9.89 Å². The summed E-state index contributed by atoms with van der Waals surface area (Å²) < 4.78 is 5.55. The van der Waals surface area contributed by atoms with Gasteiger partial charge in [0.15, 0.2) is 5.96 Å². The predicted molar refractivity (Wildman–Crippen MR) is 129 cm³/mol. The third-order valence-electron chi connectivity index (χ3n) is 7.99. The summed E-state index contributed by atoms with van der Waals surface area (Å²) in [6.45, 7) is 12.2. The van der Waals surface area contributed by atoms with Crippen LogP contribution >= 0.6 is 0 Å². The quantitative estimate of drug-likeness (QED) is 0.455. The van der Waals surface area contributed by atoms with Crippen molar-refractivity contribution in [2.45, 2.75) is 83.2 Å². The summed E-state index contributed by atoms with van der Waals surface area (Å²) in [6.07, 6.45) is 13.6. The zero-order valence-electron chi connectivity index (χ0n) is 20.0. The second-order valence-electron chi connectivity index (χ2n) is 10.5. The Bertz CT molecular complexity index is 536. The maximum Gasteiger partial charge on any atom is 0.191 e. The van der Waals surface area contributed by atoms with Crippen LogP contribution in [0.5, 0.6) is 0 Å². The highest BCUT2D eigenvalue weighted by molar-refractivity contribution is 5.80. The van der Waals surface area contributed by atoms with Gasteiger partial charge in [-0.15, -0.1) is 0 Å². The minimum Gasteiger partial charge on any atom is -0.381 e. The number of likely N-dealkylation sites (tertiary alicyclic amines) is 2. The Labute approximate surface area is 190 Å². The first-order chi connectivity index (χ1) is 15.3. The first-order valence-electron chi connectivity index (χ1n) is 13.4. The molecule has 3 heterocycles. The number of ether oxygens (including phenoxy) is 1. The molecule has 4 rings (SSSR count). The Kier molecular flexibility index (Phi) is 9.33. The van der Waals surface area contributed by atoms with Gasteiger partial charge in [0.25, 0.3) is 0 Å². The van der Waals surface area contributed by atoms with E-state index in [-0.39, 0.29) is 0 Å². The lowest BCUT2D eigenvalue weighted by Gasteiger charge is -2.34. The monoisotopic (exact) mass is 433 g/mol. The van der Waals surface area contributed by atoms with Crippen LogP contribution in [0.4, 0.5) is 0 Å². The van der Waals surface area contributed by atoms with E-state index in [0.29, 0.717) is 12.1 Å². The van der Waals surface area contributed by atoms with Gasteiger partial charge in [-0.2, -0.15) is 0 Å². The van der Waals surface area contributed by atoms with Crippen LogP contribution in [0.3, 0.4) is 0 Å². The van der Waals surface area contributed by atoms with Crippen LogP contribution in [0.1, 0.15) is 71.1 Å². The molecule has 0 aromatic rings. The van der Waals surface area contributed by atoms with Crippen LogP contribution in [-0.4, -0.2) is 86.9 Å². The SMILES string of the molecule is CCNC(=NCC1CCCN1CC1CCCCC1)NC1CCN(CC2CCOC2)CC1. The van der Waals surface area contributed by atoms with Crippen molar-refractivity contribution in [2.75, 3.05) is 59.0 Å². The molecule has 4 fully saturated rings. The fraction of sp³-hybridized carbons (Fsp3) is 0.960. The van der Waals surface area contributed by atoms with E-state index in [0.717, 1.165) is 44.1 Å². The van der Waals surface area contributed by atoms with Crippen molar-refractivity contribution in [2.24, 2.45) is 16.8 Å². The van der Waals surface area contributed by atoms with Crippen molar-refractivity contribution < 1.29 is 4.74 Å². The Balaban J connectivity index is 1.21. The van der Waals surface area contributed by atoms with Gasteiger partial charge in [0.2, 0.25) is 0 Å². The van der Waals surface area contributed by atoms with Crippen LogP contribution in [0.2, 0.25) is 0 Å². The smallest absolute Gasteiger partial charge is 0.191 e. The van der Waals surface area contributed by atoms with Crippen molar-refractivity contribution in [1.82, 2.24) is 20.4 Å². The zero-order chi connectivity index (χ0) is 21.3. The lowest BCUT2D eigenvalue weighted by atomic mass is 9.89. The summed E-state index contributed by atoms with van der Waals surface area (Å²) in [5.41, 5.74) is 0. The largest absolute Gasteiger partial charge is 0.381 e. The molecule has 4 aliphatic rings. The molecule has 0 bridgehead atoms. The predicted octanol–water partition coefficient (Wildman–Crippen LogP) is 3.09. The lowest BCUT2D eigenvalue weighted by Crippen LogP contribution is -2.49. The number of nitrogens with one attached hydrogen (secondary N) is 2. The molecule has 2 atom stereocenters. The van der Waals surface area contributed by atoms with Gasteiger partial charge in [-0.05, 0) is 70.3 Å². The van der Waals surface area contributed by atoms with Crippen LogP contribution in [0.15, 0.2) is 4.99 Å². The Morgan fingerprint density at radius 3 is 2.48 bits per heavy atom. The molecule has 0 aromatic carbocycles. The van der Waals surface area contributed by atoms with Crippen molar-refractivity contribution in [3.8, 4) is 0 Å². The molecule has 0 radical (unpaired) electrons. The topological polar surface area (TPSA) is 52.1 Å². The van der Waals surface area contributed by atoms with Gasteiger partial charge in [-0.25, -0.2) is 0 Å². The number of guanidine groups is 1. The summed E-state index contributed by atoms with van der Waals surface area (Å²) in [7, 11) is 0. The van der Waals surface area contributed by atoms with E-state index in [4.69, 9.17) is 9.73 Å². The van der Waals surface area contributed by atoms with Crippen molar-refractivity contribution in [3.63, 3.8) is 0 Å². The molecule has 6 heteroatoms. The maximum atomic E-state index is 5.55. The standard InChI is InChI=1S/C25H47N5O/c1-2-26-25(28-23-10-14-29(15-11-23)18-22-12-16-31-20-22)27-17-24-9-6-13-30(24)19-21-7-4-3-5-8-21/h21-24H,2-20H2,1H3,(H2,26,27,28). The first-order valence-corrected chi connectivity index (χ1v) is 13.4. The molecule has 3 saturated heterocycles. The molecule has 0 amide bonds. The second-order valence-corrected chi connectivity index (χ2v) is 10.5. The molecule has 31 heavy (non-hydrogen) atoms. The molecule has 3 aliphatic heterocycles. The van der Waals surface area contributed by atoms with Gasteiger partial charge >= 0.3 is 0 Å². The summed E-state index contributed by atoms with van der Waals surface area (Å²) in [5.74, 6) is 2.73. The third kappa shape index (κ3) is 7.33. The van der Waals surface area contributed by atoms with Crippen molar-refractivity contribution in [3.05, 3.63) is 0 Å². The highest BCUT2D eigenvalue weighted by atomic mass is 16.5. The van der Waals surface area contributed by atoms with Gasteiger partial charge in [0, 0.05) is 51.4 Å². The molecule has 178 valence electrons. The van der Waals surface area contributed by atoms with E-state index in [1.54, 1.807) is 0 Å². The highest BCUT2D eigenvalue weighted by Gasteiger charge is 2.28. The fourth-order valence-corrected chi connectivity index (χ4v) is 6.11. The average Bonchev–Trinajstić information content (AvgIpc) is 3.46. The molecule has 2 N–H and O–H groups in total. The zero-order valence-corrected chi connectivity index (χ0v) is 20.0. The molecule has 1 saturated carbocycles. The van der Waals surface area contributed by atoms with E-state index in [2.05, 4.69) is 27.4 Å². The van der Waals surface area contributed by atoms with E-state index in [9.17, 15) is 0 Å². The summed E-state index contributed by atoms with van der Waals surface area (Å²) in [6, 6.07) is 1.20. The van der Waals surface area contributed by atoms with E-state index in [1.807, 2.05) is 0 Å². The van der Waals surface area contributed by atoms with Crippen molar-refractivity contribution >= 4 is 5.96 Å². The summed E-state index contributed by atoms with van der Waals surface area (Å²) in [4.78, 5) is 10.5. The average molecular weight is 434 g/mol. The minimum atomic E-state index is 0.552. The number of aliphatic imine (C=N–C) groups is 1. The Morgan fingerprint density at radius 1 is 0.903 bits per heavy atom. The number of hydrogen-bond donors (Lipinski definition) is 2. The van der Waals surface area contributed by atoms with Gasteiger partial charge in [0.1, 0.15) is 0 Å². The summed E-state index contributed by atoms with van der Waals surface area (Å²) in [5, 5.41) is 7.27. The van der Waals surface area contributed by atoms with Crippen LogP contribution < -0.4 is 10.6 Å². The molecular weight excluding hydrogens is 386 g/mol. The molecule has 0 spiro atoms. The van der Waals surface area contributed by atoms with Crippen molar-refractivity contribution in [1.29, 1.82) is 0 Å². The summed E-state index contributed by atoms with van der Waals surface area (Å²) >= 11 is 0. The number of piperidine rings is 1. The number of hydrogen-bond acceptors (Lipinski definition) is 4. The fourth-order valence-electron chi connectivity index (χ4n) is 6.11. The third-order valence-corrected chi connectivity index (χ3v) is 7.99. The Morgan fingerprint density at radius 2 is 1.74 bits per heavy atom. The van der Waals surface area contributed by atoms with Crippen LogP contribution in [-0.2, 0) is 4.74 Å². The molecule has 2 unspecified atom stereocenters. The number of nitrogens with zero attached hydrogens (tertiary/aromatic N) is 3. The van der Waals surface area contributed by atoms with Gasteiger partial charge < -0.3 is 20.3 Å². The second kappa shape index (κ2) is 12.4. The van der Waals surface area contributed by atoms with E-state index in [1.165, 1.54) is 96.9 Å². The lowest BCUT2D eigenvalue weighted by molar-refractivity contribution is 0.150. The molecular formula is C25H47N5O. The molecule has 6 nitrogen and oxygen atoms in total. The van der Waals surface area contributed by atoms with Gasteiger partial charge in [-0.1, -0.05) is 19.3 Å². The normalized spacial score (nSPS) is 30.2. The van der Waals surface area contributed by atoms with E-state index >= 15 is 0 Å². The minimum absolute atomic E-state index is 0.552. The number of rotatable bonds is 8.